The number of hydrogen-bond acceptors (Lipinski definition) is 4. The van der Waals surface area contributed by atoms with Crippen molar-refractivity contribution < 1.29 is 18.7 Å². The Labute approximate surface area is 195 Å². The Morgan fingerprint density at radius 3 is 2.45 bits per heavy atom. The summed E-state index contributed by atoms with van der Waals surface area (Å²) in [7, 11) is 1.95. The highest BCUT2D eigenvalue weighted by Gasteiger charge is 2.26. The number of carbonyl (C=O) groups excluding carboxylic acids is 2. The van der Waals surface area contributed by atoms with Crippen LogP contribution in [0.25, 0.3) is 0 Å². The van der Waals surface area contributed by atoms with Gasteiger partial charge in [0.1, 0.15) is 18.9 Å². The molecule has 0 bridgehead atoms. The third-order valence-electron chi connectivity index (χ3n) is 5.77. The van der Waals surface area contributed by atoms with Crippen LogP contribution in [0.4, 0.5) is 0 Å². The van der Waals surface area contributed by atoms with Crippen molar-refractivity contribution in [3.63, 3.8) is 0 Å². The van der Waals surface area contributed by atoms with Crippen molar-refractivity contribution in [1.82, 2.24) is 14.4 Å². The van der Waals surface area contributed by atoms with Crippen molar-refractivity contribution in [3.8, 4) is 0 Å². The zero-order valence-electron chi connectivity index (χ0n) is 19.6. The molecule has 0 saturated heterocycles. The minimum absolute atomic E-state index is 0.00628. The Morgan fingerprint density at radius 2 is 1.82 bits per heavy atom. The van der Waals surface area contributed by atoms with Crippen LogP contribution in [0.15, 0.2) is 71.5 Å². The molecule has 0 radical (unpaired) electrons. The van der Waals surface area contributed by atoms with Crippen LogP contribution in [0, 0.1) is 0 Å². The zero-order valence-corrected chi connectivity index (χ0v) is 19.6. The second-order valence-electron chi connectivity index (χ2n) is 8.20. The van der Waals surface area contributed by atoms with Gasteiger partial charge in [-0.1, -0.05) is 37.3 Å². The molecule has 3 aromatic rings. The van der Waals surface area contributed by atoms with E-state index >= 15 is 0 Å². The van der Waals surface area contributed by atoms with Crippen LogP contribution in [0.5, 0.6) is 0 Å². The van der Waals surface area contributed by atoms with Gasteiger partial charge in [-0.25, -0.2) is 0 Å². The van der Waals surface area contributed by atoms with Crippen molar-refractivity contribution in [2.75, 3.05) is 13.2 Å². The molecular weight excluding hydrogens is 418 g/mol. The number of nitrogens with zero attached hydrogens (tertiary/aromatic N) is 3. The maximum atomic E-state index is 13.4. The average molecular weight is 452 g/mol. The lowest BCUT2D eigenvalue weighted by Crippen LogP contribution is -2.47. The summed E-state index contributed by atoms with van der Waals surface area (Å²) in [6, 6.07) is 17.2. The first-order chi connectivity index (χ1) is 16.0. The number of aryl methyl sites for hydroxylation is 1. The van der Waals surface area contributed by atoms with E-state index < -0.39 is 0 Å². The summed E-state index contributed by atoms with van der Waals surface area (Å²) >= 11 is 0. The number of rotatable bonds is 12. The zero-order chi connectivity index (χ0) is 23.6. The fraction of sp³-hybridized carbons (Fsp3) is 0.385. The fourth-order valence-electron chi connectivity index (χ4n) is 3.55. The van der Waals surface area contributed by atoms with Gasteiger partial charge < -0.3 is 23.5 Å². The molecule has 0 aliphatic carbocycles. The highest BCUT2D eigenvalue weighted by atomic mass is 16.5. The van der Waals surface area contributed by atoms with Crippen LogP contribution in [0.3, 0.4) is 0 Å². The number of benzene rings is 1. The van der Waals surface area contributed by atoms with Crippen LogP contribution < -0.4 is 0 Å². The molecule has 1 unspecified atom stereocenters. The molecule has 0 fully saturated rings. The van der Waals surface area contributed by atoms with E-state index in [1.165, 1.54) is 0 Å². The van der Waals surface area contributed by atoms with E-state index in [4.69, 9.17) is 9.15 Å². The van der Waals surface area contributed by atoms with E-state index in [-0.39, 0.29) is 31.0 Å². The smallest absolute Gasteiger partial charge is 0.249 e. The number of furan rings is 1. The summed E-state index contributed by atoms with van der Waals surface area (Å²) in [6.45, 7) is 5.00. The Kier molecular flexibility index (Phi) is 8.89. The summed E-state index contributed by atoms with van der Waals surface area (Å²) < 4.78 is 13.1. The molecule has 176 valence electrons. The van der Waals surface area contributed by atoms with Gasteiger partial charge in [0.15, 0.2) is 0 Å². The monoisotopic (exact) mass is 451 g/mol. The van der Waals surface area contributed by atoms with Gasteiger partial charge in [-0.05, 0) is 43.2 Å². The highest BCUT2D eigenvalue weighted by Crippen LogP contribution is 2.14. The largest absolute Gasteiger partial charge is 0.467 e. The maximum absolute atomic E-state index is 13.4. The van der Waals surface area contributed by atoms with Crippen molar-refractivity contribution in [1.29, 1.82) is 0 Å². The number of carbonyl (C=O) groups is 2. The molecular formula is C26H33N3O4. The maximum Gasteiger partial charge on any atom is 0.249 e. The second kappa shape index (κ2) is 12.1. The van der Waals surface area contributed by atoms with Crippen LogP contribution >= 0.6 is 0 Å². The molecule has 2 amide bonds. The lowest BCUT2D eigenvalue weighted by Gasteiger charge is -2.31. The summed E-state index contributed by atoms with van der Waals surface area (Å²) in [4.78, 5) is 29.7. The van der Waals surface area contributed by atoms with E-state index in [1.54, 1.807) is 22.1 Å². The van der Waals surface area contributed by atoms with E-state index in [1.807, 2.05) is 80.2 Å². The topological polar surface area (TPSA) is 67.9 Å². The first kappa shape index (κ1) is 24.3. The predicted octanol–water partition coefficient (Wildman–Crippen LogP) is 3.99. The van der Waals surface area contributed by atoms with E-state index in [0.717, 1.165) is 17.7 Å². The van der Waals surface area contributed by atoms with E-state index in [2.05, 4.69) is 0 Å². The van der Waals surface area contributed by atoms with Crippen LogP contribution in [0.2, 0.25) is 0 Å². The lowest BCUT2D eigenvalue weighted by atomic mass is 10.2. The minimum Gasteiger partial charge on any atom is -0.467 e. The molecule has 0 aliphatic rings. The summed E-state index contributed by atoms with van der Waals surface area (Å²) in [5.41, 5.74) is 2.01. The van der Waals surface area contributed by atoms with Crippen molar-refractivity contribution >= 4 is 11.8 Å². The van der Waals surface area contributed by atoms with Gasteiger partial charge in [0.25, 0.3) is 0 Å². The van der Waals surface area contributed by atoms with Crippen molar-refractivity contribution in [2.24, 2.45) is 7.05 Å². The standard InChI is InChI=1S/C26H33N3O4/c1-4-21(2)29(26(31)20-32-19-22-10-6-5-7-11-22)18-25(30)28(17-24-13-9-15-33-24)16-23-12-8-14-27(23)3/h5-15,21H,4,16-20H2,1-3H3. The fourth-order valence-corrected chi connectivity index (χ4v) is 3.55. The Hall–Kier alpha value is -3.32. The molecule has 0 spiro atoms. The van der Waals surface area contributed by atoms with Crippen LogP contribution in [0.1, 0.15) is 37.3 Å². The highest BCUT2D eigenvalue weighted by molar-refractivity contribution is 5.85. The van der Waals surface area contributed by atoms with Gasteiger partial charge >= 0.3 is 0 Å². The van der Waals surface area contributed by atoms with Crippen molar-refractivity contribution in [2.45, 2.75) is 46.0 Å². The molecule has 33 heavy (non-hydrogen) atoms. The second-order valence-corrected chi connectivity index (χ2v) is 8.20. The van der Waals surface area contributed by atoms with Gasteiger partial charge in [-0.15, -0.1) is 0 Å². The van der Waals surface area contributed by atoms with Crippen LogP contribution in [-0.4, -0.2) is 45.4 Å². The molecule has 1 atom stereocenters. The van der Waals surface area contributed by atoms with Crippen LogP contribution in [-0.2, 0) is 41.1 Å². The first-order valence-corrected chi connectivity index (χ1v) is 11.3. The third kappa shape index (κ3) is 7.08. The van der Waals surface area contributed by atoms with E-state index in [0.29, 0.717) is 25.5 Å². The first-order valence-electron chi connectivity index (χ1n) is 11.3. The van der Waals surface area contributed by atoms with Crippen molar-refractivity contribution in [3.05, 3.63) is 84.1 Å². The normalized spacial score (nSPS) is 11.8. The van der Waals surface area contributed by atoms with Gasteiger partial charge in [-0.2, -0.15) is 0 Å². The van der Waals surface area contributed by atoms with Gasteiger partial charge in [0.05, 0.1) is 26.0 Å². The van der Waals surface area contributed by atoms with E-state index in [9.17, 15) is 9.59 Å². The molecule has 1 aromatic carbocycles. The Balaban J connectivity index is 1.67. The molecule has 3 rings (SSSR count). The molecule has 7 nitrogen and oxygen atoms in total. The number of amides is 2. The molecule has 2 heterocycles. The molecule has 0 N–H and O–H groups in total. The summed E-state index contributed by atoms with van der Waals surface area (Å²) in [6.07, 6.45) is 4.29. The Bertz CT molecular complexity index is 998. The molecule has 7 heteroatoms. The predicted molar refractivity (Wildman–Crippen MR) is 126 cm³/mol. The molecule has 0 saturated carbocycles. The number of aromatic nitrogens is 1. The number of hydrogen-bond donors (Lipinski definition) is 0. The number of ether oxygens (including phenoxy) is 1. The third-order valence-corrected chi connectivity index (χ3v) is 5.77. The van der Waals surface area contributed by atoms with Gasteiger partial charge in [-0.3, -0.25) is 9.59 Å². The average Bonchev–Trinajstić information content (AvgIpc) is 3.48. The summed E-state index contributed by atoms with van der Waals surface area (Å²) in [5, 5.41) is 0. The quantitative estimate of drug-likeness (QED) is 0.418. The van der Waals surface area contributed by atoms with Gasteiger partial charge in [0.2, 0.25) is 11.8 Å². The Morgan fingerprint density at radius 1 is 1.03 bits per heavy atom. The molecule has 2 aromatic heterocycles. The minimum atomic E-state index is -0.189. The summed E-state index contributed by atoms with van der Waals surface area (Å²) in [5.74, 6) is 0.375. The lowest BCUT2D eigenvalue weighted by molar-refractivity contribution is -0.146. The SMILES string of the molecule is CCC(C)N(CC(=O)N(Cc1ccco1)Cc1cccn1C)C(=O)COCc1ccccc1. The molecule has 0 aliphatic heterocycles. The van der Waals surface area contributed by atoms with Gasteiger partial charge in [0, 0.05) is 25.0 Å².